The zero-order valence-electron chi connectivity index (χ0n) is 17.0. The summed E-state index contributed by atoms with van der Waals surface area (Å²) in [6.07, 6.45) is 27.5. The molecule has 0 radical (unpaired) electrons. The summed E-state index contributed by atoms with van der Waals surface area (Å²) in [4.78, 5) is 0. The van der Waals surface area contributed by atoms with Crippen LogP contribution in [-0.2, 0) is 0 Å². The average molecular weight is 363 g/mol. The van der Waals surface area contributed by atoms with Crippen molar-refractivity contribution in [2.75, 3.05) is 0 Å². The van der Waals surface area contributed by atoms with Crippen molar-refractivity contribution in [2.24, 2.45) is 71.0 Å². The third kappa shape index (κ3) is 2.12. The highest BCUT2D eigenvalue weighted by Crippen LogP contribution is 2.70. The fourth-order valence-corrected chi connectivity index (χ4v) is 11.0. The third-order valence-electron chi connectivity index (χ3n) is 11.4. The number of rotatable bonds is 0. The summed E-state index contributed by atoms with van der Waals surface area (Å²) in [5, 5.41) is 0. The van der Waals surface area contributed by atoms with E-state index in [1.165, 1.54) is 12.3 Å². The molecule has 0 amide bonds. The van der Waals surface area contributed by atoms with Gasteiger partial charge in [0.15, 0.2) is 0 Å². The molecule has 0 bridgehead atoms. The second kappa shape index (κ2) is 5.99. The van der Waals surface area contributed by atoms with Gasteiger partial charge in [-0.25, -0.2) is 0 Å². The van der Waals surface area contributed by atoms with E-state index in [1.54, 1.807) is 64.2 Å². The Morgan fingerprint density at radius 3 is 1.52 bits per heavy atom. The van der Waals surface area contributed by atoms with Gasteiger partial charge in [-0.2, -0.15) is 0 Å². The van der Waals surface area contributed by atoms with Crippen LogP contribution in [0.2, 0.25) is 0 Å². The Kier molecular flexibility index (Phi) is 3.62. The monoisotopic (exact) mass is 362 g/mol. The van der Waals surface area contributed by atoms with Gasteiger partial charge in [0.05, 0.1) is 0 Å². The molecule has 0 heteroatoms. The molecule has 7 rings (SSSR count). The van der Waals surface area contributed by atoms with E-state index in [4.69, 9.17) is 0 Å². The third-order valence-corrected chi connectivity index (χ3v) is 11.4. The van der Waals surface area contributed by atoms with Crippen LogP contribution in [0.3, 0.4) is 0 Å². The lowest BCUT2D eigenvalue weighted by atomic mass is 9.41. The minimum Gasteiger partial charge on any atom is -0.0844 e. The molecule has 8 unspecified atom stereocenters. The summed E-state index contributed by atoms with van der Waals surface area (Å²) in [6, 6.07) is 0. The van der Waals surface area contributed by atoms with Gasteiger partial charge in [-0.15, -0.1) is 0 Å². The molecule has 0 spiro atoms. The normalized spacial score (nSPS) is 60.1. The van der Waals surface area contributed by atoms with E-state index in [1.807, 2.05) is 0 Å². The summed E-state index contributed by atoms with van der Waals surface area (Å²) in [7, 11) is 0. The predicted octanol–water partition coefficient (Wildman–Crippen LogP) is 6.88. The molecule has 0 aromatic carbocycles. The quantitative estimate of drug-likeness (QED) is 0.412. The van der Waals surface area contributed by atoms with Crippen LogP contribution in [0.15, 0.2) is 24.3 Å². The zero-order chi connectivity index (χ0) is 17.5. The van der Waals surface area contributed by atoms with Crippen LogP contribution >= 0.6 is 0 Å². The molecular weight excluding hydrogens is 324 g/mol. The highest BCUT2D eigenvalue weighted by Gasteiger charge is 2.64. The highest BCUT2D eigenvalue weighted by atomic mass is 14.7. The minimum absolute atomic E-state index is 0.904. The maximum Gasteiger partial charge on any atom is -0.0136 e. The lowest BCUT2D eigenvalue weighted by Gasteiger charge is -2.64. The SMILES string of the molecule is C1=CC2C(C=CC1)C1CCC3C4CCCC5CCCC(C6CCC2C1C63)C54. The first kappa shape index (κ1) is 16.3. The van der Waals surface area contributed by atoms with Crippen LogP contribution in [0.4, 0.5) is 0 Å². The molecule has 0 nitrogen and oxygen atoms in total. The summed E-state index contributed by atoms with van der Waals surface area (Å²) in [5.41, 5.74) is 0. The van der Waals surface area contributed by atoms with Gasteiger partial charge in [0.1, 0.15) is 0 Å². The number of hydrogen-bond acceptors (Lipinski definition) is 0. The van der Waals surface area contributed by atoms with Gasteiger partial charge < -0.3 is 0 Å². The molecule has 8 atom stereocenters. The number of allylic oxidation sites excluding steroid dienone is 4. The van der Waals surface area contributed by atoms with E-state index in [2.05, 4.69) is 24.3 Å². The van der Waals surface area contributed by atoms with E-state index < -0.39 is 0 Å². The van der Waals surface area contributed by atoms with Crippen LogP contribution < -0.4 is 0 Å². The van der Waals surface area contributed by atoms with Crippen molar-refractivity contribution in [3.63, 3.8) is 0 Å². The van der Waals surface area contributed by atoms with Crippen molar-refractivity contribution in [1.29, 1.82) is 0 Å². The zero-order valence-corrected chi connectivity index (χ0v) is 17.0. The Morgan fingerprint density at radius 2 is 0.926 bits per heavy atom. The Balaban J connectivity index is 1.30. The van der Waals surface area contributed by atoms with Crippen LogP contribution in [0, 0.1) is 71.0 Å². The van der Waals surface area contributed by atoms with Crippen molar-refractivity contribution in [3.05, 3.63) is 24.3 Å². The van der Waals surface area contributed by atoms with E-state index in [9.17, 15) is 0 Å². The first-order valence-corrected chi connectivity index (χ1v) is 12.7. The lowest BCUT2D eigenvalue weighted by molar-refractivity contribution is -0.154. The van der Waals surface area contributed by atoms with Crippen LogP contribution in [0.25, 0.3) is 0 Å². The Bertz CT molecular complexity index is 605. The van der Waals surface area contributed by atoms with Gasteiger partial charge in [0, 0.05) is 0 Å². The van der Waals surface area contributed by atoms with Gasteiger partial charge in [-0.05, 0) is 116 Å². The second-order valence-electron chi connectivity index (χ2n) is 11.7. The fourth-order valence-electron chi connectivity index (χ4n) is 11.0. The number of fused-ring (bicyclic) bond motifs is 5. The predicted molar refractivity (Wildman–Crippen MR) is 111 cm³/mol. The van der Waals surface area contributed by atoms with Crippen LogP contribution in [-0.4, -0.2) is 0 Å². The molecule has 0 aliphatic heterocycles. The first-order chi connectivity index (χ1) is 13.4. The van der Waals surface area contributed by atoms with Crippen molar-refractivity contribution in [2.45, 2.75) is 70.6 Å². The Labute approximate surface area is 166 Å². The Morgan fingerprint density at radius 1 is 0.444 bits per heavy atom. The topological polar surface area (TPSA) is 0 Å². The molecule has 27 heavy (non-hydrogen) atoms. The van der Waals surface area contributed by atoms with Crippen molar-refractivity contribution in [3.8, 4) is 0 Å². The molecule has 0 heterocycles. The van der Waals surface area contributed by atoms with E-state index >= 15 is 0 Å². The molecule has 0 N–H and O–H groups in total. The minimum atomic E-state index is 0.904. The van der Waals surface area contributed by atoms with Gasteiger partial charge in [-0.1, -0.05) is 50.0 Å². The van der Waals surface area contributed by atoms with Gasteiger partial charge in [-0.3, -0.25) is 0 Å². The lowest BCUT2D eigenvalue weighted by Crippen LogP contribution is -2.57. The van der Waals surface area contributed by atoms with Crippen LogP contribution in [0.5, 0.6) is 0 Å². The summed E-state index contributed by atoms with van der Waals surface area (Å²) < 4.78 is 0. The van der Waals surface area contributed by atoms with E-state index in [0.717, 1.165) is 65.1 Å². The standard InChI is InChI=1S/C27H38/c1-2-8-17-18(9-3-1)22-13-15-24-20-11-5-7-16-6-4-10-19(25(16)20)23-14-12-21(17)26(22)27(23)24/h2-3,8-9,16-27H,1,4-7,10-15H2. The summed E-state index contributed by atoms with van der Waals surface area (Å²) >= 11 is 0. The molecule has 146 valence electrons. The molecule has 6 fully saturated rings. The highest BCUT2D eigenvalue weighted by molar-refractivity contribution is 5.20. The van der Waals surface area contributed by atoms with Crippen LogP contribution in [0.1, 0.15) is 70.6 Å². The smallest absolute Gasteiger partial charge is 0.0136 e. The average Bonchev–Trinajstić information content (AvgIpc) is 2.86. The maximum atomic E-state index is 2.69. The van der Waals surface area contributed by atoms with Gasteiger partial charge >= 0.3 is 0 Å². The summed E-state index contributed by atoms with van der Waals surface area (Å²) in [6.45, 7) is 0. The van der Waals surface area contributed by atoms with Gasteiger partial charge in [0.2, 0.25) is 0 Å². The maximum absolute atomic E-state index is 2.69. The number of hydrogen-bond donors (Lipinski definition) is 0. The Hall–Kier alpha value is -0.520. The van der Waals surface area contributed by atoms with Crippen molar-refractivity contribution < 1.29 is 0 Å². The molecule has 7 aliphatic rings. The molecule has 7 aliphatic carbocycles. The molecule has 0 aromatic rings. The molecule has 0 saturated heterocycles. The second-order valence-corrected chi connectivity index (χ2v) is 11.7. The van der Waals surface area contributed by atoms with E-state index in [-0.39, 0.29) is 0 Å². The molecule has 0 aromatic heterocycles. The fraction of sp³-hybridized carbons (Fsp3) is 0.852. The first-order valence-electron chi connectivity index (χ1n) is 12.7. The summed E-state index contributed by atoms with van der Waals surface area (Å²) in [5.74, 6) is 13.0. The van der Waals surface area contributed by atoms with Crippen molar-refractivity contribution in [1.82, 2.24) is 0 Å². The molecule has 6 saturated carbocycles. The van der Waals surface area contributed by atoms with E-state index in [0.29, 0.717) is 0 Å². The van der Waals surface area contributed by atoms with Crippen molar-refractivity contribution >= 4 is 0 Å². The largest absolute Gasteiger partial charge is 0.0844 e. The van der Waals surface area contributed by atoms with Gasteiger partial charge in [0.25, 0.3) is 0 Å². The molecular formula is C27H38.